The quantitative estimate of drug-likeness (QED) is 0.668. The monoisotopic (exact) mass is 519 g/mol. The summed E-state index contributed by atoms with van der Waals surface area (Å²) in [6.45, 7) is 6.42. The van der Waals surface area contributed by atoms with Crippen LogP contribution in [-0.2, 0) is 16.0 Å². The van der Waals surface area contributed by atoms with Crippen LogP contribution < -0.4 is 10.1 Å². The van der Waals surface area contributed by atoms with Crippen molar-refractivity contribution in [1.82, 2.24) is 25.1 Å². The summed E-state index contributed by atoms with van der Waals surface area (Å²) in [6.07, 6.45) is 9.38. The molecule has 0 saturated carbocycles. The highest BCUT2D eigenvalue weighted by molar-refractivity contribution is 5.83. The molecule has 1 aromatic carbocycles. The SMILES string of the molecule is Cc1nccc(C2CCCN(C(=O)CN3CCC4(CCCCc5ccccc5OCCNC4=O)CC3)C2)n1. The van der Waals surface area contributed by atoms with E-state index >= 15 is 0 Å². The number of carbonyl (C=O) groups excluding carboxylic acids is 2. The molecular formula is C30H41N5O3. The molecule has 2 aromatic rings. The summed E-state index contributed by atoms with van der Waals surface area (Å²) in [5, 5.41) is 3.16. The third-order valence-corrected chi connectivity index (χ3v) is 8.61. The van der Waals surface area contributed by atoms with Gasteiger partial charge >= 0.3 is 0 Å². The number of aromatic nitrogens is 2. The van der Waals surface area contributed by atoms with E-state index in [-0.39, 0.29) is 23.1 Å². The van der Waals surface area contributed by atoms with Crippen molar-refractivity contribution >= 4 is 11.8 Å². The van der Waals surface area contributed by atoms with Gasteiger partial charge in [0.05, 0.1) is 18.5 Å². The molecule has 1 atom stereocenters. The summed E-state index contributed by atoms with van der Waals surface area (Å²) in [5.74, 6) is 2.33. The highest BCUT2D eigenvalue weighted by atomic mass is 16.5. The smallest absolute Gasteiger partial charge is 0.236 e. The molecule has 1 spiro atoms. The van der Waals surface area contributed by atoms with Crippen molar-refractivity contribution in [1.29, 1.82) is 0 Å². The van der Waals surface area contributed by atoms with E-state index in [9.17, 15) is 9.59 Å². The summed E-state index contributed by atoms with van der Waals surface area (Å²) in [4.78, 5) is 39.7. The van der Waals surface area contributed by atoms with Crippen molar-refractivity contribution in [3.05, 3.63) is 53.6 Å². The van der Waals surface area contributed by atoms with E-state index in [1.54, 1.807) is 0 Å². The highest BCUT2D eigenvalue weighted by Crippen LogP contribution is 2.38. The Balaban J connectivity index is 1.15. The Labute approximate surface area is 226 Å². The molecule has 2 amide bonds. The predicted molar refractivity (Wildman–Crippen MR) is 146 cm³/mol. The van der Waals surface area contributed by atoms with Crippen LogP contribution in [0.15, 0.2) is 36.5 Å². The number of amides is 2. The zero-order valence-electron chi connectivity index (χ0n) is 22.7. The number of aryl methyl sites for hydroxylation is 2. The van der Waals surface area contributed by atoms with Gasteiger partial charge in [-0.1, -0.05) is 24.6 Å². The van der Waals surface area contributed by atoms with Crippen molar-refractivity contribution in [3.8, 4) is 5.75 Å². The molecule has 1 N–H and O–H groups in total. The number of para-hydroxylation sites is 1. The molecule has 0 bridgehead atoms. The first-order valence-corrected chi connectivity index (χ1v) is 14.3. The minimum Gasteiger partial charge on any atom is -0.491 e. The zero-order valence-corrected chi connectivity index (χ0v) is 22.7. The van der Waals surface area contributed by atoms with Crippen LogP contribution in [-0.4, -0.2) is 77.5 Å². The number of likely N-dealkylation sites (tertiary alicyclic amines) is 2. The Kier molecular flexibility index (Phi) is 8.57. The first-order chi connectivity index (χ1) is 18.5. The van der Waals surface area contributed by atoms with Gasteiger partial charge in [0.15, 0.2) is 0 Å². The summed E-state index contributed by atoms with van der Waals surface area (Å²) in [6, 6.07) is 10.2. The molecular weight excluding hydrogens is 478 g/mol. The van der Waals surface area contributed by atoms with Gasteiger partial charge in [-0.2, -0.15) is 0 Å². The number of nitrogens with zero attached hydrogens (tertiary/aromatic N) is 4. The number of piperidine rings is 2. The molecule has 3 aliphatic rings. The van der Waals surface area contributed by atoms with Crippen LogP contribution in [0.5, 0.6) is 5.75 Å². The lowest BCUT2D eigenvalue weighted by Crippen LogP contribution is -2.52. The molecule has 1 unspecified atom stereocenters. The Hall–Kier alpha value is -3.00. The summed E-state index contributed by atoms with van der Waals surface area (Å²) < 4.78 is 5.97. The molecule has 8 nitrogen and oxygen atoms in total. The molecule has 38 heavy (non-hydrogen) atoms. The Morgan fingerprint density at radius 3 is 2.79 bits per heavy atom. The van der Waals surface area contributed by atoms with E-state index in [1.165, 1.54) is 5.56 Å². The van der Waals surface area contributed by atoms with E-state index in [2.05, 4.69) is 32.3 Å². The second-order valence-corrected chi connectivity index (χ2v) is 11.2. The fourth-order valence-corrected chi connectivity index (χ4v) is 6.31. The van der Waals surface area contributed by atoms with E-state index in [0.717, 1.165) is 94.8 Å². The Morgan fingerprint density at radius 2 is 1.95 bits per heavy atom. The zero-order chi connectivity index (χ0) is 26.4. The minimum atomic E-state index is -0.348. The molecule has 0 radical (unpaired) electrons. The molecule has 8 heteroatoms. The van der Waals surface area contributed by atoms with Crippen LogP contribution in [0.3, 0.4) is 0 Å². The van der Waals surface area contributed by atoms with Crippen molar-refractivity contribution in [2.24, 2.45) is 5.41 Å². The number of nitrogens with one attached hydrogen (secondary N) is 1. The average molecular weight is 520 g/mol. The van der Waals surface area contributed by atoms with Crippen LogP contribution >= 0.6 is 0 Å². The average Bonchev–Trinajstić information content (AvgIpc) is 2.94. The fraction of sp³-hybridized carbons (Fsp3) is 0.600. The highest BCUT2D eigenvalue weighted by Gasteiger charge is 2.41. The second-order valence-electron chi connectivity index (χ2n) is 11.2. The number of ether oxygens (including phenoxy) is 1. The van der Waals surface area contributed by atoms with E-state index in [0.29, 0.717) is 19.7 Å². The number of fused-ring (bicyclic) bond motifs is 1. The van der Waals surface area contributed by atoms with E-state index < -0.39 is 0 Å². The van der Waals surface area contributed by atoms with Gasteiger partial charge in [0.1, 0.15) is 18.2 Å². The molecule has 3 aliphatic heterocycles. The van der Waals surface area contributed by atoms with Gasteiger partial charge in [0, 0.05) is 30.9 Å². The molecule has 4 heterocycles. The number of hydrogen-bond acceptors (Lipinski definition) is 6. The normalized spacial score (nSPS) is 22.9. The van der Waals surface area contributed by atoms with Gasteiger partial charge < -0.3 is 15.0 Å². The van der Waals surface area contributed by atoms with Crippen molar-refractivity contribution in [3.63, 3.8) is 0 Å². The third-order valence-electron chi connectivity index (χ3n) is 8.61. The number of rotatable bonds is 3. The van der Waals surface area contributed by atoms with Gasteiger partial charge in [-0.25, -0.2) is 9.97 Å². The summed E-state index contributed by atoms with van der Waals surface area (Å²) in [5.41, 5.74) is 1.94. The lowest BCUT2D eigenvalue weighted by atomic mass is 9.73. The maximum absolute atomic E-state index is 13.4. The van der Waals surface area contributed by atoms with Crippen LogP contribution in [0.2, 0.25) is 0 Å². The molecule has 1 aromatic heterocycles. The Bertz CT molecular complexity index is 1110. The molecule has 2 saturated heterocycles. The van der Waals surface area contributed by atoms with Gasteiger partial charge in [-0.15, -0.1) is 0 Å². The van der Waals surface area contributed by atoms with Gasteiger partial charge in [0.25, 0.3) is 0 Å². The molecule has 0 aliphatic carbocycles. The first kappa shape index (κ1) is 26.6. The summed E-state index contributed by atoms with van der Waals surface area (Å²) >= 11 is 0. The minimum absolute atomic E-state index is 0.153. The van der Waals surface area contributed by atoms with Crippen molar-refractivity contribution in [2.45, 2.75) is 64.2 Å². The van der Waals surface area contributed by atoms with Crippen LogP contribution in [0.25, 0.3) is 0 Å². The van der Waals surface area contributed by atoms with Gasteiger partial charge in [-0.05, 0) is 82.7 Å². The third kappa shape index (κ3) is 6.34. The number of benzene rings is 1. The van der Waals surface area contributed by atoms with E-state index in [4.69, 9.17) is 4.74 Å². The first-order valence-electron chi connectivity index (χ1n) is 14.3. The number of hydrogen-bond donors (Lipinski definition) is 1. The topological polar surface area (TPSA) is 87.7 Å². The molecule has 2 fully saturated rings. The number of carbonyl (C=O) groups is 2. The van der Waals surface area contributed by atoms with Gasteiger partial charge in [-0.3, -0.25) is 14.5 Å². The summed E-state index contributed by atoms with van der Waals surface area (Å²) in [7, 11) is 0. The fourth-order valence-electron chi connectivity index (χ4n) is 6.31. The van der Waals surface area contributed by atoms with E-state index in [1.807, 2.05) is 36.2 Å². The molecule has 5 rings (SSSR count). The second kappa shape index (κ2) is 12.2. The van der Waals surface area contributed by atoms with Crippen LogP contribution in [0.1, 0.15) is 67.9 Å². The molecule has 204 valence electrons. The maximum Gasteiger partial charge on any atom is 0.236 e. The predicted octanol–water partition coefficient (Wildman–Crippen LogP) is 3.49. The van der Waals surface area contributed by atoms with Gasteiger partial charge in [0.2, 0.25) is 11.8 Å². The van der Waals surface area contributed by atoms with Crippen molar-refractivity contribution in [2.75, 3.05) is 45.9 Å². The Morgan fingerprint density at radius 1 is 1.11 bits per heavy atom. The standard InChI is InChI=1S/C30H41N5O3/c1-23-31-15-11-26(33-23)25-9-6-17-35(21-25)28(36)22-34-18-13-30(14-19-34)12-5-4-8-24-7-2-3-10-27(24)38-20-16-32-29(30)37/h2-3,7,10-11,15,25H,4-6,8-9,12-14,16-22H2,1H3,(H,32,37). The maximum atomic E-state index is 13.4. The van der Waals surface area contributed by atoms with Crippen LogP contribution in [0.4, 0.5) is 0 Å². The largest absolute Gasteiger partial charge is 0.491 e. The lowest BCUT2D eigenvalue weighted by Gasteiger charge is -2.41. The lowest BCUT2D eigenvalue weighted by molar-refractivity contribution is -0.137. The van der Waals surface area contributed by atoms with Crippen molar-refractivity contribution < 1.29 is 14.3 Å². The van der Waals surface area contributed by atoms with Crippen LogP contribution in [0, 0.1) is 12.3 Å².